The summed E-state index contributed by atoms with van der Waals surface area (Å²) < 4.78 is 7.37. The fourth-order valence-corrected chi connectivity index (χ4v) is 2.09. The molecule has 1 aliphatic heterocycles. The fourth-order valence-electron chi connectivity index (χ4n) is 2.09. The smallest absolute Gasteiger partial charge is 0.251 e. The molecule has 1 N–H and O–H groups in total. The van der Waals surface area contributed by atoms with Gasteiger partial charge in [0.2, 0.25) is 0 Å². The van der Waals surface area contributed by atoms with Crippen molar-refractivity contribution in [3.05, 3.63) is 41.2 Å². The quantitative estimate of drug-likeness (QED) is 0.879. The van der Waals surface area contributed by atoms with Gasteiger partial charge in [-0.05, 0) is 30.2 Å². The summed E-state index contributed by atoms with van der Waals surface area (Å²) in [5.41, 5.74) is 2.67. The molecule has 98 valence electrons. The van der Waals surface area contributed by atoms with Gasteiger partial charge in [-0.25, -0.2) is 4.68 Å². The SMILES string of the molecule is Cn1nncc1COc1ccc2c(c1)CCNC2=O. The van der Waals surface area contributed by atoms with E-state index in [1.807, 2.05) is 19.2 Å². The van der Waals surface area contributed by atoms with Crippen molar-refractivity contribution in [1.29, 1.82) is 0 Å². The molecule has 6 heteroatoms. The highest BCUT2D eigenvalue weighted by atomic mass is 16.5. The van der Waals surface area contributed by atoms with Gasteiger partial charge < -0.3 is 10.1 Å². The minimum Gasteiger partial charge on any atom is -0.487 e. The summed E-state index contributed by atoms with van der Waals surface area (Å²) in [6.45, 7) is 1.09. The van der Waals surface area contributed by atoms with Crippen molar-refractivity contribution in [1.82, 2.24) is 20.3 Å². The molecule has 0 spiro atoms. The normalized spacial score (nSPS) is 13.8. The maximum Gasteiger partial charge on any atom is 0.251 e. The van der Waals surface area contributed by atoms with Gasteiger partial charge in [-0.1, -0.05) is 5.21 Å². The Balaban J connectivity index is 1.76. The molecule has 1 aliphatic rings. The molecule has 2 aromatic rings. The Morgan fingerprint density at radius 3 is 3.16 bits per heavy atom. The van der Waals surface area contributed by atoms with Gasteiger partial charge in [0, 0.05) is 19.2 Å². The summed E-state index contributed by atoms with van der Waals surface area (Å²) in [5, 5.41) is 10.5. The lowest BCUT2D eigenvalue weighted by Gasteiger charge is -2.17. The number of carbonyl (C=O) groups is 1. The first-order valence-electron chi connectivity index (χ1n) is 6.11. The second-order valence-corrected chi connectivity index (χ2v) is 4.46. The second kappa shape index (κ2) is 4.72. The zero-order valence-corrected chi connectivity index (χ0v) is 10.6. The van der Waals surface area contributed by atoms with E-state index in [0.717, 1.165) is 29.0 Å². The van der Waals surface area contributed by atoms with Gasteiger partial charge in [0.1, 0.15) is 12.4 Å². The molecule has 1 amide bonds. The van der Waals surface area contributed by atoms with Crippen LogP contribution < -0.4 is 10.1 Å². The predicted molar refractivity (Wildman–Crippen MR) is 67.8 cm³/mol. The molecular weight excluding hydrogens is 244 g/mol. The average molecular weight is 258 g/mol. The number of carbonyl (C=O) groups excluding carboxylic acids is 1. The van der Waals surface area contributed by atoms with E-state index in [-0.39, 0.29) is 5.91 Å². The molecule has 0 saturated heterocycles. The minimum absolute atomic E-state index is 0.0105. The van der Waals surface area contributed by atoms with Gasteiger partial charge in [0.05, 0.1) is 11.9 Å². The van der Waals surface area contributed by atoms with Crippen LogP contribution >= 0.6 is 0 Å². The van der Waals surface area contributed by atoms with E-state index in [1.54, 1.807) is 16.9 Å². The summed E-state index contributed by atoms with van der Waals surface area (Å²) in [6.07, 6.45) is 2.51. The predicted octanol–water partition coefficient (Wildman–Crippen LogP) is 0.680. The topological polar surface area (TPSA) is 69.0 Å². The van der Waals surface area contributed by atoms with Crippen LogP contribution in [0.5, 0.6) is 5.75 Å². The van der Waals surface area contributed by atoms with E-state index in [9.17, 15) is 4.79 Å². The van der Waals surface area contributed by atoms with E-state index in [2.05, 4.69) is 15.6 Å². The van der Waals surface area contributed by atoms with Crippen molar-refractivity contribution in [2.24, 2.45) is 7.05 Å². The number of fused-ring (bicyclic) bond motifs is 1. The average Bonchev–Trinajstić information content (AvgIpc) is 2.82. The van der Waals surface area contributed by atoms with E-state index in [1.165, 1.54) is 0 Å². The number of hydrogen-bond acceptors (Lipinski definition) is 4. The number of aryl methyl sites for hydroxylation is 1. The van der Waals surface area contributed by atoms with Crippen LogP contribution in [0.4, 0.5) is 0 Å². The molecule has 0 aliphatic carbocycles. The number of aromatic nitrogens is 3. The molecule has 0 unspecified atom stereocenters. The Labute approximate surface area is 110 Å². The highest BCUT2D eigenvalue weighted by molar-refractivity contribution is 5.96. The van der Waals surface area contributed by atoms with Gasteiger partial charge in [-0.2, -0.15) is 0 Å². The molecule has 3 rings (SSSR count). The van der Waals surface area contributed by atoms with Crippen molar-refractivity contribution >= 4 is 5.91 Å². The summed E-state index contributed by atoms with van der Waals surface area (Å²) >= 11 is 0. The van der Waals surface area contributed by atoms with E-state index >= 15 is 0 Å². The zero-order valence-electron chi connectivity index (χ0n) is 10.6. The maximum atomic E-state index is 11.6. The van der Waals surface area contributed by atoms with Crippen LogP contribution in [0.3, 0.4) is 0 Å². The van der Waals surface area contributed by atoms with E-state index in [4.69, 9.17) is 4.74 Å². The van der Waals surface area contributed by atoms with Crippen LogP contribution in [0.2, 0.25) is 0 Å². The molecule has 0 fully saturated rings. The van der Waals surface area contributed by atoms with Crippen LogP contribution in [-0.2, 0) is 20.1 Å². The molecule has 0 saturated carbocycles. The third-order valence-electron chi connectivity index (χ3n) is 3.20. The van der Waals surface area contributed by atoms with Gasteiger partial charge in [-0.15, -0.1) is 5.10 Å². The minimum atomic E-state index is -0.0105. The van der Waals surface area contributed by atoms with Crippen LogP contribution in [-0.4, -0.2) is 27.4 Å². The molecule has 0 atom stereocenters. The molecule has 1 aromatic carbocycles. The Morgan fingerprint density at radius 2 is 2.37 bits per heavy atom. The third-order valence-corrected chi connectivity index (χ3v) is 3.20. The Bertz CT molecular complexity index is 621. The Morgan fingerprint density at radius 1 is 1.47 bits per heavy atom. The number of benzene rings is 1. The molecule has 0 bridgehead atoms. The largest absolute Gasteiger partial charge is 0.487 e. The van der Waals surface area contributed by atoms with Crippen LogP contribution in [0.1, 0.15) is 21.6 Å². The molecule has 6 nitrogen and oxygen atoms in total. The Kier molecular flexibility index (Phi) is 2.91. The molecule has 0 radical (unpaired) electrons. The second-order valence-electron chi connectivity index (χ2n) is 4.46. The van der Waals surface area contributed by atoms with Gasteiger partial charge in [0.25, 0.3) is 5.91 Å². The fraction of sp³-hybridized carbons (Fsp3) is 0.308. The van der Waals surface area contributed by atoms with Crippen molar-refractivity contribution in [3.8, 4) is 5.75 Å². The highest BCUT2D eigenvalue weighted by Crippen LogP contribution is 2.21. The van der Waals surface area contributed by atoms with Gasteiger partial charge in [-0.3, -0.25) is 4.79 Å². The monoisotopic (exact) mass is 258 g/mol. The van der Waals surface area contributed by atoms with Crippen molar-refractivity contribution in [2.75, 3.05) is 6.54 Å². The lowest BCUT2D eigenvalue weighted by atomic mass is 10.0. The lowest BCUT2D eigenvalue weighted by molar-refractivity contribution is 0.0946. The summed E-state index contributed by atoms with van der Waals surface area (Å²) in [6, 6.07) is 5.55. The standard InChI is InChI=1S/C13H14N4O2/c1-17-10(7-15-16-17)8-19-11-2-3-12-9(6-11)4-5-14-13(12)18/h2-3,6-7H,4-5,8H2,1H3,(H,14,18). The third kappa shape index (κ3) is 2.29. The highest BCUT2D eigenvalue weighted by Gasteiger charge is 2.16. The first-order chi connectivity index (χ1) is 9.24. The van der Waals surface area contributed by atoms with E-state index in [0.29, 0.717) is 13.2 Å². The number of nitrogens with zero attached hydrogens (tertiary/aromatic N) is 3. The van der Waals surface area contributed by atoms with Crippen molar-refractivity contribution in [3.63, 3.8) is 0 Å². The number of nitrogens with one attached hydrogen (secondary N) is 1. The number of rotatable bonds is 3. The van der Waals surface area contributed by atoms with Crippen molar-refractivity contribution < 1.29 is 9.53 Å². The van der Waals surface area contributed by atoms with Crippen LogP contribution in [0, 0.1) is 0 Å². The summed E-state index contributed by atoms with van der Waals surface area (Å²) in [4.78, 5) is 11.6. The molecule has 1 aromatic heterocycles. The number of amides is 1. The van der Waals surface area contributed by atoms with Gasteiger partial charge in [0.15, 0.2) is 0 Å². The molecule has 2 heterocycles. The number of ether oxygens (including phenoxy) is 1. The number of hydrogen-bond donors (Lipinski definition) is 1. The summed E-state index contributed by atoms with van der Waals surface area (Å²) in [5.74, 6) is 0.748. The van der Waals surface area contributed by atoms with Crippen LogP contribution in [0.25, 0.3) is 0 Å². The first-order valence-corrected chi connectivity index (χ1v) is 6.11. The lowest BCUT2D eigenvalue weighted by Crippen LogP contribution is -2.31. The molecular formula is C13H14N4O2. The first kappa shape index (κ1) is 11.7. The van der Waals surface area contributed by atoms with E-state index < -0.39 is 0 Å². The maximum absolute atomic E-state index is 11.6. The molecule has 19 heavy (non-hydrogen) atoms. The van der Waals surface area contributed by atoms with Crippen molar-refractivity contribution in [2.45, 2.75) is 13.0 Å². The Hall–Kier alpha value is -2.37. The van der Waals surface area contributed by atoms with Crippen LogP contribution in [0.15, 0.2) is 24.4 Å². The summed E-state index contributed by atoms with van der Waals surface area (Å²) in [7, 11) is 1.82. The van der Waals surface area contributed by atoms with Gasteiger partial charge >= 0.3 is 0 Å². The zero-order chi connectivity index (χ0) is 13.2.